The van der Waals surface area contributed by atoms with Gasteiger partial charge in [-0.05, 0) is 32.4 Å². The lowest BCUT2D eigenvalue weighted by Crippen LogP contribution is -2.50. The summed E-state index contributed by atoms with van der Waals surface area (Å²) in [5, 5.41) is 0. The summed E-state index contributed by atoms with van der Waals surface area (Å²) in [5.41, 5.74) is 2.78. The Labute approximate surface area is 153 Å². The standard InChI is InChI=1S/C18H22N4O3S/c1-13-4-5-17(14(2)10-13)26(24,25)22-8-6-21(7-9-22)18(23)16-12-19-15(3)11-20-16/h4-5,10-12H,6-9H2,1-3H3. The Morgan fingerprint density at radius 1 is 1.00 bits per heavy atom. The third kappa shape index (κ3) is 3.61. The average molecular weight is 374 g/mol. The fourth-order valence-corrected chi connectivity index (χ4v) is 4.65. The minimum absolute atomic E-state index is 0.221. The molecule has 1 amide bonds. The number of hydrogen-bond acceptors (Lipinski definition) is 5. The van der Waals surface area contributed by atoms with E-state index in [0.717, 1.165) is 16.8 Å². The first-order valence-corrected chi connectivity index (χ1v) is 9.88. The molecule has 1 aliphatic heterocycles. The van der Waals surface area contributed by atoms with Crippen LogP contribution in [0.3, 0.4) is 0 Å². The molecule has 0 atom stereocenters. The molecular weight excluding hydrogens is 352 g/mol. The maximum Gasteiger partial charge on any atom is 0.274 e. The van der Waals surface area contributed by atoms with Crippen LogP contribution in [-0.2, 0) is 10.0 Å². The lowest BCUT2D eigenvalue weighted by Gasteiger charge is -2.34. The molecule has 0 radical (unpaired) electrons. The van der Waals surface area contributed by atoms with E-state index in [9.17, 15) is 13.2 Å². The third-order valence-corrected chi connectivity index (χ3v) is 6.53. The number of amides is 1. The Morgan fingerprint density at radius 3 is 2.27 bits per heavy atom. The van der Waals surface area contributed by atoms with Crippen LogP contribution in [0.4, 0.5) is 0 Å². The fourth-order valence-electron chi connectivity index (χ4n) is 3.02. The van der Waals surface area contributed by atoms with Gasteiger partial charge in [-0.2, -0.15) is 4.31 Å². The van der Waals surface area contributed by atoms with E-state index in [1.54, 1.807) is 37.1 Å². The predicted octanol–water partition coefficient (Wildman–Crippen LogP) is 1.55. The molecule has 1 aromatic carbocycles. The van der Waals surface area contributed by atoms with E-state index in [2.05, 4.69) is 9.97 Å². The van der Waals surface area contributed by atoms with E-state index >= 15 is 0 Å². The molecule has 1 saturated heterocycles. The number of sulfonamides is 1. The lowest BCUT2D eigenvalue weighted by molar-refractivity contribution is 0.0691. The van der Waals surface area contributed by atoms with Crippen molar-refractivity contribution >= 4 is 15.9 Å². The van der Waals surface area contributed by atoms with Gasteiger partial charge in [0.1, 0.15) is 5.69 Å². The largest absolute Gasteiger partial charge is 0.335 e. The second-order valence-electron chi connectivity index (χ2n) is 6.51. The number of piperazine rings is 1. The summed E-state index contributed by atoms with van der Waals surface area (Å²) in [6.45, 7) is 6.73. The highest BCUT2D eigenvalue weighted by Gasteiger charge is 2.31. The molecule has 2 heterocycles. The molecular formula is C18H22N4O3S. The third-order valence-electron chi connectivity index (χ3n) is 4.47. The maximum absolute atomic E-state index is 12.9. The van der Waals surface area contributed by atoms with Gasteiger partial charge in [0.2, 0.25) is 10.0 Å². The van der Waals surface area contributed by atoms with Crippen LogP contribution in [0, 0.1) is 20.8 Å². The first kappa shape index (κ1) is 18.5. The van der Waals surface area contributed by atoms with Gasteiger partial charge in [-0.3, -0.25) is 9.78 Å². The minimum Gasteiger partial charge on any atom is -0.335 e. The molecule has 7 nitrogen and oxygen atoms in total. The van der Waals surface area contributed by atoms with Gasteiger partial charge in [-0.15, -0.1) is 0 Å². The van der Waals surface area contributed by atoms with Gasteiger partial charge >= 0.3 is 0 Å². The van der Waals surface area contributed by atoms with Gasteiger partial charge in [0.25, 0.3) is 5.91 Å². The molecule has 8 heteroatoms. The average Bonchev–Trinajstić information content (AvgIpc) is 2.61. The van der Waals surface area contributed by atoms with Crippen LogP contribution in [0.15, 0.2) is 35.5 Å². The fraction of sp³-hybridized carbons (Fsp3) is 0.389. The highest BCUT2D eigenvalue weighted by Crippen LogP contribution is 2.22. The van der Waals surface area contributed by atoms with E-state index in [-0.39, 0.29) is 24.7 Å². The Hall–Kier alpha value is -2.32. The molecule has 0 bridgehead atoms. The van der Waals surface area contributed by atoms with E-state index in [4.69, 9.17) is 0 Å². The maximum atomic E-state index is 12.9. The molecule has 138 valence electrons. The summed E-state index contributed by atoms with van der Waals surface area (Å²) in [6, 6.07) is 5.32. The zero-order chi connectivity index (χ0) is 18.9. The van der Waals surface area contributed by atoms with Crippen molar-refractivity contribution in [2.24, 2.45) is 0 Å². The molecule has 1 fully saturated rings. The van der Waals surface area contributed by atoms with Crippen molar-refractivity contribution in [3.05, 3.63) is 53.1 Å². The molecule has 0 unspecified atom stereocenters. The summed E-state index contributed by atoms with van der Waals surface area (Å²) in [5.74, 6) is -0.221. The highest BCUT2D eigenvalue weighted by molar-refractivity contribution is 7.89. The number of carbonyl (C=O) groups excluding carboxylic acids is 1. The van der Waals surface area contributed by atoms with E-state index in [0.29, 0.717) is 18.0 Å². The number of benzene rings is 1. The monoisotopic (exact) mass is 374 g/mol. The summed E-state index contributed by atoms with van der Waals surface area (Å²) >= 11 is 0. The molecule has 3 rings (SSSR count). The smallest absolute Gasteiger partial charge is 0.274 e. The summed E-state index contributed by atoms with van der Waals surface area (Å²) in [6.07, 6.45) is 3.00. The number of rotatable bonds is 3. The molecule has 0 aliphatic carbocycles. The van der Waals surface area contributed by atoms with Crippen molar-refractivity contribution in [1.29, 1.82) is 0 Å². The van der Waals surface area contributed by atoms with Crippen LogP contribution in [0.2, 0.25) is 0 Å². The van der Waals surface area contributed by atoms with Crippen LogP contribution in [0.25, 0.3) is 0 Å². The summed E-state index contributed by atoms with van der Waals surface area (Å²) in [7, 11) is -3.56. The second-order valence-corrected chi connectivity index (χ2v) is 8.41. The normalized spacial score (nSPS) is 15.9. The Bertz CT molecular complexity index is 918. The van der Waals surface area contributed by atoms with Gasteiger partial charge in [0.15, 0.2) is 0 Å². The van der Waals surface area contributed by atoms with Gasteiger partial charge in [-0.1, -0.05) is 17.7 Å². The van der Waals surface area contributed by atoms with Crippen molar-refractivity contribution in [2.75, 3.05) is 26.2 Å². The molecule has 1 aliphatic rings. The second kappa shape index (κ2) is 7.13. The number of nitrogens with zero attached hydrogens (tertiary/aromatic N) is 4. The molecule has 2 aromatic rings. The van der Waals surface area contributed by atoms with Gasteiger partial charge in [0.05, 0.1) is 16.8 Å². The number of aromatic nitrogens is 2. The summed E-state index contributed by atoms with van der Waals surface area (Å²) < 4.78 is 27.2. The summed E-state index contributed by atoms with van der Waals surface area (Å²) in [4.78, 5) is 22.6. The van der Waals surface area contributed by atoms with Gasteiger partial charge in [-0.25, -0.2) is 13.4 Å². The molecule has 0 spiro atoms. The lowest BCUT2D eigenvalue weighted by atomic mass is 10.2. The topological polar surface area (TPSA) is 83.5 Å². The molecule has 1 aromatic heterocycles. The number of aryl methyl sites for hydroxylation is 3. The quantitative estimate of drug-likeness (QED) is 0.814. The van der Waals surface area contributed by atoms with Crippen LogP contribution in [0.5, 0.6) is 0 Å². The van der Waals surface area contributed by atoms with Gasteiger partial charge in [0, 0.05) is 32.4 Å². The van der Waals surface area contributed by atoms with Crippen molar-refractivity contribution in [3.63, 3.8) is 0 Å². The first-order chi connectivity index (χ1) is 12.3. The molecule has 0 saturated carbocycles. The Kier molecular flexibility index (Phi) is 5.06. The molecule has 0 N–H and O–H groups in total. The highest BCUT2D eigenvalue weighted by atomic mass is 32.2. The first-order valence-electron chi connectivity index (χ1n) is 8.44. The van der Waals surface area contributed by atoms with Crippen LogP contribution >= 0.6 is 0 Å². The predicted molar refractivity (Wildman–Crippen MR) is 97.3 cm³/mol. The van der Waals surface area contributed by atoms with Crippen molar-refractivity contribution in [2.45, 2.75) is 25.7 Å². The number of carbonyl (C=O) groups is 1. The van der Waals surface area contributed by atoms with Crippen molar-refractivity contribution < 1.29 is 13.2 Å². The Balaban J connectivity index is 1.71. The minimum atomic E-state index is -3.56. The van der Waals surface area contributed by atoms with E-state index in [1.165, 1.54) is 10.5 Å². The van der Waals surface area contributed by atoms with E-state index in [1.807, 2.05) is 13.0 Å². The zero-order valence-electron chi connectivity index (χ0n) is 15.1. The van der Waals surface area contributed by atoms with Crippen LogP contribution < -0.4 is 0 Å². The van der Waals surface area contributed by atoms with Crippen LogP contribution in [0.1, 0.15) is 27.3 Å². The SMILES string of the molecule is Cc1ccc(S(=O)(=O)N2CCN(C(=O)c3cnc(C)cn3)CC2)c(C)c1. The van der Waals surface area contributed by atoms with Crippen molar-refractivity contribution in [3.8, 4) is 0 Å². The number of hydrogen-bond donors (Lipinski definition) is 0. The molecule has 26 heavy (non-hydrogen) atoms. The Morgan fingerprint density at radius 2 is 1.69 bits per heavy atom. The van der Waals surface area contributed by atoms with E-state index < -0.39 is 10.0 Å². The van der Waals surface area contributed by atoms with Crippen LogP contribution in [-0.4, -0.2) is 59.7 Å². The zero-order valence-corrected chi connectivity index (χ0v) is 16.0. The van der Waals surface area contributed by atoms with Crippen molar-refractivity contribution in [1.82, 2.24) is 19.2 Å². The van der Waals surface area contributed by atoms with Gasteiger partial charge < -0.3 is 4.90 Å².